The van der Waals surface area contributed by atoms with E-state index in [0.29, 0.717) is 31.2 Å². The van der Waals surface area contributed by atoms with Crippen molar-refractivity contribution in [1.29, 1.82) is 0 Å². The number of morpholine rings is 1. The molecule has 0 bridgehead atoms. The van der Waals surface area contributed by atoms with E-state index in [1.807, 2.05) is 26.8 Å². The van der Waals surface area contributed by atoms with Crippen molar-refractivity contribution in [2.45, 2.75) is 37.8 Å². The molecule has 1 aromatic rings. The van der Waals surface area contributed by atoms with E-state index in [2.05, 4.69) is 5.32 Å². The van der Waals surface area contributed by atoms with Gasteiger partial charge in [0.2, 0.25) is 10.0 Å². The van der Waals surface area contributed by atoms with Crippen LogP contribution in [0.4, 0.5) is 0 Å². The average Bonchev–Trinajstić information content (AvgIpc) is 2.44. The van der Waals surface area contributed by atoms with Crippen molar-refractivity contribution >= 4 is 10.0 Å². The van der Waals surface area contributed by atoms with Gasteiger partial charge in [0.25, 0.3) is 0 Å². The maximum atomic E-state index is 12.9. The van der Waals surface area contributed by atoms with Gasteiger partial charge < -0.3 is 10.1 Å². The fraction of sp³-hybridized carbons (Fsp3) is 0.600. The molecule has 1 aliphatic heterocycles. The van der Waals surface area contributed by atoms with Crippen molar-refractivity contribution in [2.24, 2.45) is 0 Å². The van der Waals surface area contributed by atoms with Crippen LogP contribution >= 0.6 is 0 Å². The Hall–Kier alpha value is -0.950. The van der Waals surface area contributed by atoms with Gasteiger partial charge in [-0.3, -0.25) is 0 Å². The van der Waals surface area contributed by atoms with E-state index in [0.717, 1.165) is 12.1 Å². The lowest BCUT2D eigenvalue weighted by atomic mass is 10.1. The van der Waals surface area contributed by atoms with E-state index in [-0.39, 0.29) is 0 Å². The Labute approximate surface area is 127 Å². The smallest absolute Gasteiger partial charge is 0.243 e. The van der Waals surface area contributed by atoms with Crippen LogP contribution in [0.15, 0.2) is 29.2 Å². The highest BCUT2D eigenvalue weighted by atomic mass is 32.2. The summed E-state index contributed by atoms with van der Waals surface area (Å²) >= 11 is 0. The van der Waals surface area contributed by atoms with Gasteiger partial charge in [-0.1, -0.05) is 19.1 Å². The number of hydrogen-bond acceptors (Lipinski definition) is 4. The van der Waals surface area contributed by atoms with Gasteiger partial charge in [0.1, 0.15) is 0 Å². The maximum absolute atomic E-state index is 12.9. The molecule has 1 N–H and O–H groups in total. The standard InChI is InChI=1S/C15H24N2O3S/c1-4-16-11-13-6-5-7-14(10-13)21(18,19)17-8-9-20-12-15(17,2)3/h5-7,10,16H,4,8-9,11-12H2,1-3H3. The second-order valence-corrected chi connectivity index (χ2v) is 7.73. The number of rotatable bonds is 5. The summed E-state index contributed by atoms with van der Waals surface area (Å²) in [4.78, 5) is 0.355. The zero-order valence-electron chi connectivity index (χ0n) is 12.9. The molecule has 21 heavy (non-hydrogen) atoms. The van der Waals surface area contributed by atoms with Gasteiger partial charge in [0.15, 0.2) is 0 Å². The number of sulfonamides is 1. The number of benzene rings is 1. The molecule has 0 atom stereocenters. The fourth-order valence-electron chi connectivity index (χ4n) is 2.50. The largest absolute Gasteiger partial charge is 0.378 e. The summed E-state index contributed by atoms with van der Waals surface area (Å²) in [6.45, 7) is 8.60. The molecule has 1 saturated heterocycles. The topological polar surface area (TPSA) is 58.6 Å². The SMILES string of the molecule is CCNCc1cccc(S(=O)(=O)N2CCOCC2(C)C)c1. The highest BCUT2D eigenvalue weighted by Crippen LogP contribution is 2.27. The Bertz CT molecular complexity index is 584. The number of nitrogens with one attached hydrogen (secondary N) is 1. The lowest BCUT2D eigenvalue weighted by molar-refractivity contribution is -0.00771. The second kappa shape index (κ2) is 6.44. The van der Waals surface area contributed by atoms with Crippen LogP contribution in [0, 0.1) is 0 Å². The summed E-state index contributed by atoms with van der Waals surface area (Å²) < 4.78 is 32.7. The zero-order valence-corrected chi connectivity index (χ0v) is 13.7. The molecule has 0 unspecified atom stereocenters. The van der Waals surface area contributed by atoms with Crippen molar-refractivity contribution in [3.05, 3.63) is 29.8 Å². The highest BCUT2D eigenvalue weighted by Gasteiger charge is 2.39. The minimum absolute atomic E-state index is 0.355. The molecule has 1 fully saturated rings. The molecule has 0 aliphatic carbocycles. The average molecular weight is 312 g/mol. The Morgan fingerprint density at radius 2 is 2.14 bits per heavy atom. The van der Waals surface area contributed by atoms with Crippen molar-refractivity contribution in [1.82, 2.24) is 9.62 Å². The summed E-state index contributed by atoms with van der Waals surface area (Å²) in [6, 6.07) is 7.15. The van der Waals surface area contributed by atoms with E-state index in [1.54, 1.807) is 22.5 Å². The predicted octanol–water partition coefficient (Wildman–Crippen LogP) is 1.60. The minimum Gasteiger partial charge on any atom is -0.378 e. The van der Waals surface area contributed by atoms with Gasteiger partial charge in [-0.15, -0.1) is 0 Å². The van der Waals surface area contributed by atoms with E-state index in [9.17, 15) is 8.42 Å². The maximum Gasteiger partial charge on any atom is 0.243 e. The first-order chi connectivity index (χ1) is 9.88. The van der Waals surface area contributed by atoms with Crippen molar-refractivity contribution < 1.29 is 13.2 Å². The summed E-state index contributed by atoms with van der Waals surface area (Å²) in [5.41, 5.74) is 0.457. The first-order valence-corrected chi connectivity index (χ1v) is 8.72. The summed E-state index contributed by atoms with van der Waals surface area (Å²) in [5.74, 6) is 0. The third-order valence-corrected chi connectivity index (χ3v) is 5.74. The van der Waals surface area contributed by atoms with Gasteiger partial charge in [0.05, 0.1) is 23.6 Å². The zero-order chi connectivity index (χ0) is 15.5. The lowest BCUT2D eigenvalue weighted by Crippen LogP contribution is -2.55. The molecule has 0 amide bonds. The summed E-state index contributed by atoms with van der Waals surface area (Å²) in [7, 11) is -3.49. The molecule has 1 heterocycles. The monoisotopic (exact) mass is 312 g/mol. The number of ether oxygens (including phenoxy) is 1. The normalized spacial score (nSPS) is 19.6. The Kier molecular flexibility index (Phi) is 5.03. The highest BCUT2D eigenvalue weighted by molar-refractivity contribution is 7.89. The van der Waals surface area contributed by atoms with E-state index >= 15 is 0 Å². The molecule has 0 spiro atoms. The van der Waals surface area contributed by atoms with Gasteiger partial charge in [0, 0.05) is 13.1 Å². The molecule has 5 nitrogen and oxygen atoms in total. The van der Waals surface area contributed by atoms with Crippen LogP contribution in [0.5, 0.6) is 0 Å². The third-order valence-electron chi connectivity index (χ3n) is 3.63. The number of hydrogen-bond donors (Lipinski definition) is 1. The van der Waals surface area contributed by atoms with Crippen molar-refractivity contribution in [2.75, 3.05) is 26.3 Å². The van der Waals surface area contributed by atoms with Gasteiger partial charge in [-0.05, 0) is 38.1 Å². The van der Waals surface area contributed by atoms with E-state index < -0.39 is 15.6 Å². The number of nitrogens with zero attached hydrogens (tertiary/aromatic N) is 1. The van der Waals surface area contributed by atoms with Gasteiger partial charge in [-0.25, -0.2) is 8.42 Å². The van der Waals surface area contributed by atoms with Gasteiger partial charge in [-0.2, -0.15) is 4.31 Å². The first kappa shape index (κ1) is 16.4. The molecule has 1 aromatic carbocycles. The third kappa shape index (κ3) is 3.63. The van der Waals surface area contributed by atoms with Crippen molar-refractivity contribution in [3.8, 4) is 0 Å². The summed E-state index contributed by atoms with van der Waals surface area (Å²) in [5, 5.41) is 3.21. The van der Waals surface area contributed by atoms with Crippen LogP contribution in [0.3, 0.4) is 0 Å². The predicted molar refractivity (Wildman–Crippen MR) is 82.6 cm³/mol. The second-order valence-electron chi connectivity index (χ2n) is 5.87. The van der Waals surface area contributed by atoms with E-state index in [4.69, 9.17) is 4.74 Å². The quantitative estimate of drug-likeness (QED) is 0.897. The molecule has 2 rings (SSSR count). The molecule has 118 valence electrons. The summed E-state index contributed by atoms with van der Waals surface area (Å²) in [6.07, 6.45) is 0. The fourth-order valence-corrected chi connectivity index (χ4v) is 4.33. The minimum atomic E-state index is -3.49. The lowest BCUT2D eigenvalue weighted by Gasteiger charge is -2.40. The Morgan fingerprint density at radius 1 is 1.38 bits per heavy atom. The molecule has 0 aromatic heterocycles. The van der Waals surface area contributed by atoms with Gasteiger partial charge >= 0.3 is 0 Å². The van der Waals surface area contributed by atoms with E-state index in [1.165, 1.54) is 0 Å². The van der Waals surface area contributed by atoms with Crippen LogP contribution in [0.25, 0.3) is 0 Å². The molecular formula is C15H24N2O3S. The van der Waals surface area contributed by atoms with Crippen LogP contribution in [-0.2, 0) is 21.3 Å². The van der Waals surface area contributed by atoms with Crippen LogP contribution in [-0.4, -0.2) is 44.6 Å². The van der Waals surface area contributed by atoms with Crippen LogP contribution < -0.4 is 5.32 Å². The Morgan fingerprint density at radius 3 is 2.81 bits per heavy atom. The molecule has 0 saturated carbocycles. The molecule has 0 radical (unpaired) electrons. The van der Waals surface area contributed by atoms with Crippen LogP contribution in [0.2, 0.25) is 0 Å². The molecule has 6 heteroatoms. The first-order valence-electron chi connectivity index (χ1n) is 7.28. The molecular weight excluding hydrogens is 288 g/mol. The Balaban J connectivity index is 2.30. The molecule has 1 aliphatic rings. The van der Waals surface area contributed by atoms with Crippen LogP contribution in [0.1, 0.15) is 26.3 Å². The van der Waals surface area contributed by atoms with Crippen molar-refractivity contribution in [3.63, 3.8) is 0 Å².